The van der Waals surface area contributed by atoms with Gasteiger partial charge in [-0.3, -0.25) is 0 Å². The van der Waals surface area contributed by atoms with Gasteiger partial charge in [0.15, 0.2) is 0 Å². The van der Waals surface area contributed by atoms with Gasteiger partial charge in [0.2, 0.25) is 0 Å². The Morgan fingerprint density at radius 2 is 2.20 bits per heavy atom. The first-order valence-corrected chi connectivity index (χ1v) is 7.07. The summed E-state index contributed by atoms with van der Waals surface area (Å²) in [7, 11) is 0. The van der Waals surface area contributed by atoms with Crippen LogP contribution in [0.25, 0.3) is 0 Å². The maximum atomic E-state index is 8.51. The van der Waals surface area contributed by atoms with Gasteiger partial charge in [-0.15, -0.1) is 0 Å². The first kappa shape index (κ1) is 14.7. The highest BCUT2D eigenvalue weighted by Crippen LogP contribution is 2.18. The molecule has 1 aromatic rings. The van der Waals surface area contributed by atoms with Crippen molar-refractivity contribution in [2.45, 2.75) is 38.2 Å². The predicted octanol–water partition coefficient (Wildman–Crippen LogP) is 2.31. The van der Waals surface area contributed by atoms with Crippen molar-refractivity contribution in [3.63, 3.8) is 0 Å². The van der Waals surface area contributed by atoms with E-state index >= 15 is 0 Å². The average Bonchev–Trinajstić information content (AvgIpc) is 2.98. The van der Waals surface area contributed by atoms with Crippen molar-refractivity contribution in [1.29, 1.82) is 0 Å². The number of hydrogen-bond acceptors (Lipinski definition) is 4. The molecule has 5 nitrogen and oxygen atoms in total. The smallest absolute Gasteiger partial charge is 0.143 e. The monoisotopic (exact) mass is 278 g/mol. The molecule has 1 aliphatic rings. The minimum atomic E-state index is 0.204. The van der Waals surface area contributed by atoms with Crippen LogP contribution in [0.4, 0.5) is 0 Å². The molecule has 2 rings (SSSR count). The molecule has 0 radical (unpaired) electrons. The minimum absolute atomic E-state index is 0.204. The van der Waals surface area contributed by atoms with Gasteiger partial charge < -0.3 is 20.4 Å². The van der Waals surface area contributed by atoms with Crippen molar-refractivity contribution in [1.82, 2.24) is 0 Å². The Kier molecular flexibility index (Phi) is 5.68. The second-order valence-electron chi connectivity index (χ2n) is 5.04. The Morgan fingerprint density at radius 3 is 2.85 bits per heavy atom. The summed E-state index contributed by atoms with van der Waals surface area (Å²) in [6.45, 7) is 1.62. The molecule has 0 saturated carbocycles. The van der Waals surface area contributed by atoms with Crippen molar-refractivity contribution in [3.8, 4) is 5.75 Å². The number of benzene rings is 1. The average molecular weight is 278 g/mol. The molecule has 0 bridgehead atoms. The van der Waals surface area contributed by atoms with E-state index in [4.69, 9.17) is 20.4 Å². The molecule has 1 saturated heterocycles. The number of nitrogens with zero attached hydrogens (tertiary/aromatic N) is 1. The molecule has 1 aliphatic heterocycles. The quantitative estimate of drug-likeness (QED) is 0.264. The molecule has 0 spiro atoms. The Hall–Kier alpha value is -1.75. The maximum absolute atomic E-state index is 8.51. The molecule has 1 aromatic carbocycles. The molecule has 5 heteroatoms. The van der Waals surface area contributed by atoms with E-state index in [1.165, 1.54) is 12.8 Å². The number of ether oxygens (including phenoxy) is 2. The normalized spacial score (nSPS) is 19.2. The van der Waals surface area contributed by atoms with Crippen LogP contribution < -0.4 is 10.5 Å². The van der Waals surface area contributed by atoms with E-state index in [2.05, 4.69) is 5.16 Å². The van der Waals surface area contributed by atoms with Crippen LogP contribution >= 0.6 is 0 Å². The van der Waals surface area contributed by atoms with E-state index in [-0.39, 0.29) is 5.84 Å². The lowest BCUT2D eigenvalue weighted by Gasteiger charge is -2.10. The zero-order chi connectivity index (χ0) is 14.2. The highest BCUT2D eigenvalue weighted by atomic mass is 16.5. The fourth-order valence-corrected chi connectivity index (χ4v) is 2.32. The highest BCUT2D eigenvalue weighted by Gasteiger charge is 2.14. The van der Waals surface area contributed by atoms with Gasteiger partial charge >= 0.3 is 0 Å². The van der Waals surface area contributed by atoms with Gasteiger partial charge in [-0.1, -0.05) is 17.3 Å². The summed E-state index contributed by atoms with van der Waals surface area (Å²) in [6, 6.07) is 7.67. The van der Waals surface area contributed by atoms with Crippen LogP contribution in [0.2, 0.25) is 0 Å². The standard InChI is InChI=1S/C15H22N2O3/c16-15(17-18)11-12-5-7-14(8-6-12)20-10-2-4-13-3-1-9-19-13/h5-8,13,18H,1-4,9-11H2,(H2,16,17). The lowest BCUT2D eigenvalue weighted by molar-refractivity contribution is 0.0981. The molecule has 3 N–H and O–H groups in total. The fraction of sp³-hybridized carbons (Fsp3) is 0.533. The first-order chi connectivity index (χ1) is 9.78. The molecule has 0 aromatic heterocycles. The molecule has 1 fully saturated rings. The molecule has 20 heavy (non-hydrogen) atoms. The summed E-state index contributed by atoms with van der Waals surface area (Å²) in [6.07, 6.45) is 5.32. The van der Waals surface area contributed by atoms with E-state index in [1.54, 1.807) is 0 Å². The van der Waals surface area contributed by atoms with Gasteiger partial charge in [0.25, 0.3) is 0 Å². The van der Waals surface area contributed by atoms with E-state index in [9.17, 15) is 0 Å². The number of rotatable bonds is 7. The van der Waals surface area contributed by atoms with E-state index < -0.39 is 0 Å². The van der Waals surface area contributed by atoms with Gasteiger partial charge in [-0.2, -0.15) is 0 Å². The van der Waals surface area contributed by atoms with Crippen LogP contribution in [0.5, 0.6) is 5.75 Å². The van der Waals surface area contributed by atoms with Gasteiger partial charge in [-0.05, 0) is 43.4 Å². The van der Waals surface area contributed by atoms with Gasteiger partial charge in [0.1, 0.15) is 11.6 Å². The third kappa shape index (κ3) is 4.74. The Morgan fingerprint density at radius 1 is 1.40 bits per heavy atom. The third-order valence-corrected chi connectivity index (χ3v) is 3.40. The molecule has 1 unspecified atom stereocenters. The summed E-state index contributed by atoms with van der Waals surface area (Å²) in [5.41, 5.74) is 6.45. The van der Waals surface area contributed by atoms with Gasteiger partial charge in [0, 0.05) is 13.0 Å². The summed E-state index contributed by atoms with van der Waals surface area (Å²) < 4.78 is 11.3. The van der Waals surface area contributed by atoms with E-state index in [1.807, 2.05) is 24.3 Å². The van der Waals surface area contributed by atoms with Crippen molar-refractivity contribution in [2.75, 3.05) is 13.2 Å². The molecule has 1 heterocycles. The highest BCUT2D eigenvalue weighted by molar-refractivity contribution is 5.82. The summed E-state index contributed by atoms with van der Waals surface area (Å²) >= 11 is 0. The molecule has 0 amide bonds. The topological polar surface area (TPSA) is 77.1 Å². The molecular weight excluding hydrogens is 256 g/mol. The molecule has 110 valence electrons. The van der Waals surface area contributed by atoms with Crippen LogP contribution in [0.15, 0.2) is 29.4 Å². The second-order valence-corrected chi connectivity index (χ2v) is 5.04. The van der Waals surface area contributed by atoms with Crippen LogP contribution in [-0.4, -0.2) is 30.4 Å². The Labute approximate surface area is 119 Å². The van der Waals surface area contributed by atoms with Crippen LogP contribution in [0, 0.1) is 0 Å². The Bertz CT molecular complexity index is 425. The lowest BCUT2D eigenvalue weighted by Crippen LogP contribution is -2.14. The number of oxime groups is 1. The summed E-state index contributed by atoms with van der Waals surface area (Å²) in [5, 5.41) is 11.5. The minimum Gasteiger partial charge on any atom is -0.494 e. The fourth-order valence-electron chi connectivity index (χ4n) is 2.32. The summed E-state index contributed by atoms with van der Waals surface area (Å²) in [4.78, 5) is 0. The van der Waals surface area contributed by atoms with Gasteiger partial charge in [-0.25, -0.2) is 0 Å². The van der Waals surface area contributed by atoms with E-state index in [0.29, 0.717) is 19.1 Å². The number of hydrogen-bond donors (Lipinski definition) is 2. The van der Waals surface area contributed by atoms with E-state index in [0.717, 1.165) is 30.8 Å². The third-order valence-electron chi connectivity index (χ3n) is 3.40. The maximum Gasteiger partial charge on any atom is 0.143 e. The zero-order valence-electron chi connectivity index (χ0n) is 11.6. The van der Waals surface area contributed by atoms with Crippen molar-refractivity contribution in [3.05, 3.63) is 29.8 Å². The van der Waals surface area contributed by atoms with Crippen LogP contribution in [0.1, 0.15) is 31.2 Å². The van der Waals surface area contributed by atoms with Crippen molar-refractivity contribution in [2.24, 2.45) is 10.9 Å². The number of amidine groups is 1. The molecular formula is C15H22N2O3. The van der Waals surface area contributed by atoms with Crippen molar-refractivity contribution >= 4 is 5.84 Å². The predicted molar refractivity (Wildman–Crippen MR) is 77.3 cm³/mol. The van der Waals surface area contributed by atoms with Gasteiger partial charge in [0.05, 0.1) is 12.7 Å². The second kappa shape index (κ2) is 7.75. The van der Waals surface area contributed by atoms with Crippen LogP contribution in [0.3, 0.4) is 0 Å². The SMILES string of the molecule is NC(Cc1ccc(OCCCC2CCCO2)cc1)=NO. The Balaban J connectivity index is 1.67. The molecule has 0 aliphatic carbocycles. The lowest BCUT2D eigenvalue weighted by atomic mass is 10.1. The number of nitrogens with two attached hydrogens (primary N) is 1. The largest absolute Gasteiger partial charge is 0.494 e. The first-order valence-electron chi connectivity index (χ1n) is 7.07. The summed E-state index contributed by atoms with van der Waals surface area (Å²) in [5.74, 6) is 1.05. The zero-order valence-corrected chi connectivity index (χ0v) is 11.6. The van der Waals surface area contributed by atoms with Crippen molar-refractivity contribution < 1.29 is 14.7 Å². The van der Waals surface area contributed by atoms with Crippen LogP contribution in [-0.2, 0) is 11.2 Å². The molecule has 1 atom stereocenters.